The van der Waals surface area contributed by atoms with Gasteiger partial charge in [0.25, 0.3) is 0 Å². The van der Waals surface area contributed by atoms with Gasteiger partial charge < -0.3 is 9.64 Å². The van der Waals surface area contributed by atoms with E-state index in [1.807, 2.05) is 0 Å². The number of benzene rings is 1. The number of alkyl halides is 2. The molecule has 0 amide bonds. The third-order valence-electron chi connectivity index (χ3n) is 5.60. The van der Waals surface area contributed by atoms with Gasteiger partial charge in [0.2, 0.25) is 10.0 Å². The first-order valence-corrected chi connectivity index (χ1v) is 12.4. The van der Waals surface area contributed by atoms with Crippen LogP contribution in [0.25, 0.3) is 0 Å². The van der Waals surface area contributed by atoms with E-state index in [1.54, 1.807) is 0 Å². The molecule has 1 aromatic carbocycles. The third kappa shape index (κ3) is 7.87. The maximum Gasteiger partial charge on any atom is 0.241 e. The summed E-state index contributed by atoms with van der Waals surface area (Å²) in [7, 11) is -1.70. The Hall–Kier alpha value is -1.09. The highest BCUT2D eigenvalue weighted by molar-refractivity contribution is 7.89. The minimum absolute atomic E-state index is 0.000694. The van der Waals surface area contributed by atoms with Crippen LogP contribution in [-0.2, 0) is 28.1 Å². The lowest BCUT2D eigenvalue weighted by Crippen LogP contribution is -2.39. The van der Waals surface area contributed by atoms with Crippen molar-refractivity contribution in [2.45, 2.75) is 82.3 Å². The Labute approximate surface area is 180 Å². The van der Waals surface area contributed by atoms with Gasteiger partial charge in [-0.3, -0.25) is 0 Å². The van der Waals surface area contributed by atoms with Crippen molar-refractivity contribution in [2.75, 3.05) is 26.7 Å². The topological polar surface area (TPSA) is 58.6 Å². The average Bonchev–Trinajstić information content (AvgIpc) is 2.74. The summed E-state index contributed by atoms with van der Waals surface area (Å²) in [5.41, 5.74) is 0.274. The van der Waals surface area contributed by atoms with Gasteiger partial charge >= 0.3 is 0 Å². The van der Waals surface area contributed by atoms with Gasteiger partial charge in [0.1, 0.15) is 13.3 Å². The standard InChI is InChI=1S/C22H36F2N2O3S/c1-3-12-26(2)13-4-5-14-29-21-9-7-20(8-10-21)25-30(27,28)22-11-6-18(16-23)15-19(22)17-24/h6,11,15,20-21,25H,3-5,7-10,12-14,16-17H2,1-2H3. The zero-order chi connectivity index (χ0) is 22.0. The quantitative estimate of drug-likeness (QED) is 0.458. The number of hydrogen-bond acceptors (Lipinski definition) is 4. The molecule has 0 heterocycles. The molecule has 0 saturated heterocycles. The summed E-state index contributed by atoms with van der Waals surface area (Å²) in [5, 5.41) is 0. The van der Waals surface area contributed by atoms with Crippen LogP contribution in [-0.4, -0.2) is 52.2 Å². The largest absolute Gasteiger partial charge is 0.378 e. The van der Waals surface area contributed by atoms with Gasteiger partial charge in [0.15, 0.2) is 0 Å². The fourth-order valence-corrected chi connectivity index (χ4v) is 5.45. The number of ether oxygens (including phenoxy) is 1. The summed E-state index contributed by atoms with van der Waals surface area (Å²) in [6.45, 7) is 3.42. The lowest BCUT2D eigenvalue weighted by molar-refractivity contribution is 0.0215. The van der Waals surface area contributed by atoms with Crippen LogP contribution >= 0.6 is 0 Å². The van der Waals surface area contributed by atoms with Crippen molar-refractivity contribution in [2.24, 2.45) is 0 Å². The number of rotatable bonds is 13. The predicted octanol–water partition coefficient (Wildman–Crippen LogP) is 4.35. The van der Waals surface area contributed by atoms with Crippen LogP contribution < -0.4 is 4.72 Å². The van der Waals surface area contributed by atoms with E-state index in [9.17, 15) is 17.2 Å². The Morgan fingerprint density at radius 1 is 1.10 bits per heavy atom. The maximum absolute atomic E-state index is 13.3. The second-order valence-corrected chi connectivity index (χ2v) is 9.87. The average molecular weight is 447 g/mol. The number of unbranched alkanes of at least 4 members (excludes halogenated alkanes) is 1. The van der Waals surface area contributed by atoms with E-state index in [1.165, 1.54) is 18.2 Å². The first-order chi connectivity index (χ1) is 14.4. The van der Waals surface area contributed by atoms with Gasteiger partial charge in [-0.1, -0.05) is 13.0 Å². The van der Waals surface area contributed by atoms with E-state index >= 15 is 0 Å². The van der Waals surface area contributed by atoms with E-state index in [2.05, 4.69) is 23.6 Å². The molecular weight excluding hydrogens is 410 g/mol. The van der Waals surface area contributed by atoms with Gasteiger partial charge in [-0.05, 0) is 82.8 Å². The Kier molecular flexibility index (Phi) is 10.6. The van der Waals surface area contributed by atoms with Crippen molar-refractivity contribution in [1.82, 2.24) is 9.62 Å². The highest BCUT2D eigenvalue weighted by Crippen LogP contribution is 2.25. The number of nitrogens with one attached hydrogen (secondary N) is 1. The molecule has 1 saturated carbocycles. The van der Waals surface area contributed by atoms with Crippen LogP contribution in [0.5, 0.6) is 0 Å². The fraction of sp³-hybridized carbons (Fsp3) is 0.727. The predicted molar refractivity (Wildman–Crippen MR) is 115 cm³/mol. The molecule has 0 aromatic heterocycles. The molecule has 0 radical (unpaired) electrons. The van der Waals surface area contributed by atoms with Crippen LogP contribution in [0.15, 0.2) is 23.1 Å². The molecule has 0 spiro atoms. The van der Waals surface area contributed by atoms with Gasteiger partial charge in [0, 0.05) is 18.2 Å². The van der Waals surface area contributed by atoms with Crippen LogP contribution in [0.2, 0.25) is 0 Å². The Balaban J connectivity index is 1.75. The summed E-state index contributed by atoms with van der Waals surface area (Å²) in [5.74, 6) is 0. The van der Waals surface area contributed by atoms with E-state index in [4.69, 9.17) is 4.74 Å². The highest BCUT2D eigenvalue weighted by atomic mass is 32.2. The van der Waals surface area contributed by atoms with E-state index in [-0.39, 0.29) is 28.2 Å². The normalized spacial score (nSPS) is 20.0. The van der Waals surface area contributed by atoms with E-state index in [0.717, 1.165) is 51.8 Å². The lowest BCUT2D eigenvalue weighted by atomic mass is 9.94. The molecule has 5 nitrogen and oxygen atoms in total. The Bertz CT molecular complexity index is 738. The second kappa shape index (κ2) is 12.7. The SMILES string of the molecule is CCCN(C)CCCCOC1CCC(NS(=O)(=O)c2ccc(CF)cc2CF)CC1. The second-order valence-electron chi connectivity index (χ2n) is 8.19. The van der Waals surface area contributed by atoms with Crippen molar-refractivity contribution in [3.05, 3.63) is 29.3 Å². The van der Waals surface area contributed by atoms with Gasteiger partial charge in [0.05, 0.1) is 11.0 Å². The van der Waals surface area contributed by atoms with Crippen LogP contribution in [0.3, 0.4) is 0 Å². The molecule has 1 aliphatic carbocycles. The van der Waals surface area contributed by atoms with Crippen molar-refractivity contribution < 1.29 is 21.9 Å². The smallest absolute Gasteiger partial charge is 0.241 e. The molecule has 172 valence electrons. The highest BCUT2D eigenvalue weighted by Gasteiger charge is 2.27. The van der Waals surface area contributed by atoms with Crippen molar-refractivity contribution >= 4 is 10.0 Å². The number of sulfonamides is 1. The number of nitrogens with zero attached hydrogens (tertiary/aromatic N) is 1. The molecule has 0 aliphatic heterocycles. The molecule has 1 aliphatic rings. The summed E-state index contributed by atoms with van der Waals surface area (Å²) in [6.07, 6.45) is 6.47. The molecule has 30 heavy (non-hydrogen) atoms. The van der Waals surface area contributed by atoms with E-state index < -0.39 is 23.4 Å². The molecule has 8 heteroatoms. The first kappa shape index (κ1) is 25.2. The minimum Gasteiger partial charge on any atom is -0.378 e. The zero-order valence-electron chi connectivity index (χ0n) is 18.2. The molecule has 2 rings (SSSR count). The third-order valence-corrected chi connectivity index (χ3v) is 7.22. The summed E-state index contributed by atoms with van der Waals surface area (Å²) in [4.78, 5) is 2.23. The summed E-state index contributed by atoms with van der Waals surface area (Å²) >= 11 is 0. The Morgan fingerprint density at radius 3 is 2.47 bits per heavy atom. The first-order valence-electron chi connectivity index (χ1n) is 11.0. The van der Waals surface area contributed by atoms with E-state index in [0.29, 0.717) is 12.8 Å². The minimum atomic E-state index is -3.84. The molecule has 0 bridgehead atoms. The molecule has 0 atom stereocenters. The van der Waals surface area contributed by atoms with Crippen molar-refractivity contribution in [1.29, 1.82) is 0 Å². The summed E-state index contributed by atoms with van der Waals surface area (Å²) in [6, 6.07) is 3.77. The van der Waals surface area contributed by atoms with Crippen LogP contribution in [0.4, 0.5) is 8.78 Å². The van der Waals surface area contributed by atoms with Gasteiger partial charge in [-0.15, -0.1) is 0 Å². The van der Waals surface area contributed by atoms with Crippen molar-refractivity contribution in [3.63, 3.8) is 0 Å². The zero-order valence-corrected chi connectivity index (χ0v) is 19.0. The lowest BCUT2D eigenvalue weighted by Gasteiger charge is -2.29. The molecule has 1 N–H and O–H groups in total. The van der Waals surface area contributed by atoms with Gasteiger partial charge in [-0.2, -0.15) is 0 Å². The number of hydrogen-bond donors (Lipinski definition) is 1. The summed E-state index contributed by atoms with van der Waals surface area (Å²) < 4.78 is 60.1. The Morgan fingerprint density at radius 2 is 1.83 bits per heavy atom. The van der Waals surface area contributed by atoms with Crippen LogP contribution in [0.1, 0.15) is 63.0 Å². The molecule has 1 fully saturated rings. The van der Waals surface area contributed by atoms with Gasteiger partial charge in [-0.25, -0.2) is 21.9 Å². The fourth-order valence-electron chi connectivity index (χ4n) is 3.94. The van der Waals surface area contributed by atoms with Crippen molar-refractivity contribution in [3.8, 4) is 0 Å². The molecule has 0 unspecified atom stereocenters. The monoisotopic (exact) mass is 446 g/mol. The number of halogens is 2. The maximum atomic E-state index is 13.3. The molecular formula is C22H36F2N2O3S. The molecule has 1 aromatic rings. The van der Waals surface area contributed by atoms with Crippen LogP contribution in [0, 0.1) is 0 Å².